The van der Waals surface area contributed by atoms with Gasteiger partial charge in [0.05, 0.1) is 29.6 Å². The van der Waals surface area contributed by atoms with E-state index in [-0.39, 0.29) is 23.5 Å². The molecule has 24 heavy (non-hydrogen) atoms. The van der Waals surface area contributed by atoms with Crippen LogP contribution in [0.3, 0.4) is 0 Å². The van der Waals surface area contributed by atoms with Crippen molar-refractivity contribution >= 4 is 23.3 Å². The van der Waals surface area contributed by atoms with Gasteiger partial charge >= 0.3 is 0 Å². The van der Waals surface area contributed by atoms with E-state index >= 15 is 0 Å². The third-order valence-corrected chi connectivity index (χ3v) is 5.59. The number of pyridine rings is 1. The summed E-state index contributed by atoms with van der Waals surface area (Å²) in [6, 6.07) is 11.1. The summed E-state index contributed by atoms with van der Waals surface area (Å²) in [4.78, 5) is 43.8. The van der Waals surface area contributed by atoms with Gasteiger partial charge in [0.2, 0.25) is 11.8 Å². The number of carbonyl (C=O) groups excluding carboxylic acids is 3. The van der Waals surface area contributed by atoms with Crippen molar-refractivity contribution < 1.29 is 14.4 Å². The average Bonchev–Trinajstić information content (AvgIpc) is 2.88. The number of anilines is 1. The average molecular weight is 318 g/mol. The molecule has 1 aliphatic heterocycles. The van der Waals surface area contributed by atoms with Crippen LogP contribution in [0.2, 0.25) is 0 Å². The molecule has 2 amide bonds. The molecule has 0 spiro atoms. The van der Waals surface area contributed by atoms with Crippen LogP contribution in [-0.2, 0) is 14.4 Å². The van der Waals surface area contributed by atoms with Crippen LogP contribution in [0.1, 0.15) is 29.4 Å². The Morgan fingerprint density at radius 2 is 1.67 bits per heavy atom. The molecule has 0 radical (unpaired) electrons. The minimum Gasteiger partial charge on any atom is -0.299 e. The summed E-state index contributed by atoms with van der Waals surface area (Å²) in [5.74, 6) is -2.08. The van der Waals surface area contributed by atoms with Crippen molar-refractivity contribution in [2.24, 2.45) is 11.8 Å². The standard InChI is InChI=1S/C19H14N2O3/c22-14-8-13-11-5-1-2-6-12(11)15(14)17-16(13)18(23)21(19(17)24)10-4-3-7-20-9-10/h1-7,9,13,15-17H,8H2/t13-,15+,16+,17+/m0/s1. The quantitative estimate of drug-likeness (QED) is 0.755. The van der Waals surface area contributed by atoms with Crippen LogP contribution < -0.4 is 4.90 Å². The van der Waals surface area contributed by atoms with Crippen LogP contribution in [0.25, 0.3) is 0 Å². The second kappa shape index (κ2) is 4.60. The molecular weight excluding hydrogens is 304 g/mol. The van der Waals surface area contributed by atoms with Crippen LogP contribution in [0.15, 0.2) is 48.8 Å². The van der Waals surface area contributed by atoms with E-state index in [1.165, 1.54) is 11.1 Å². The van der Waals surface area contributed by atoms with E-state index in [4.69, 9.17) is 0 Å². The predicted molar refractivity (Wildman–Crippen MR) is 85.3 cm³/mol. The van der Waals surface area contributed by atoms with Gasteiger partial charge in [-0.05, 0) is 23.3 Å². The Hall–Kier alpha value is -2.82. The maximum Gasteiger partial charge on any atom is 0.238 e. The minimum absolute atomic E-state index is 0.0779. The van der Waals surface area contributed by atoms with E-state index in [9.17, 15) is 14.4 Å². The van der Waals surface area contributed by atoms with Gasteiger partial charge < -0.3 is 0 Å². The van der Waals surface area contributed by atoms with E-state index in [0.717, 1.165) is 11.1 Å². The molecule has 3 aliphatic carbocycles. The fourth-order valence-electron chi connectivity index (χ4n) is 4.70. The van der Waals surface area contributed by atoms with E-state index in [2.05, 4.69) is 4.98 Å². The Balaban J connectivity index is 1.68. The third-order valence-electron chi connectivity index (χ3n) is 5.59. The highest BCUT2D eigenvalue weighted by atomic mass is 16.2. The maximum atomic E-state index is 13.0. The van der Waals surface area contributed by atoms with Crippen molar-refractivity contribution in [1.82, 2.24) is 4.98 Å². The summed E-state index contributed by atoms with van der Waals surface area (Å²) < 4.78 is 0. The number of nitrogens with zero attached hydrogens (tertiary/aromatic N) is 2. The second-order valence-corrected chi connectivity index (χ2v) is 6.66. The molecule has 4 atom stereocenters. The van der Waals surface area contributed by atoms with Crippen LogP contribution >= 0.6 is 0 Å². The maximum absolute atomic E-state index is 13.0. The molecule has 5 nitrogen and oxygen atoms in total. The zero-order valence-corrected chi connectivity index (χ0v) is 12.8. The summed E-state index contributed by atoms with van der Waals surface area (Å²) in [6.07, 6.45) is 3.47. The van der Waals surface area contributed by atoms with Gasteiger partial charge in [-0.1, -0.05) is 24.3 Å². The number of Topliss-reactive ketones (excluding diaryl/α,β-unsaturated/α-hetero) is 1. The highest BCUT2D eigenvalue weighted by molar-refractivity contribution is 6.24. The van der Waals surface area contributed by atoms with Crippen molar-refractivity contribution in [1.29, 1.82) is 0 Å². The number of fused-ring (bicyclic) bond motifs is 1. The summed E-state index contributed by atoms with van der Waals surface area (Å²) in [6.45, 7) is 0. The summed E-state index contributed by atoms with van der Waals surface area (Å²) in [5, 5.41) is 0. The lowest BCUT2D eigenvalue weighted by Gasteiger charge is -2.43. The first-order valence-corrected chi connectivity index (χ1v) is 8.08. The number of amides is 2. The Bertz CT molecular complexity index is 892. The van der Waals surface area contributed by atoms with Crippen LogP contribution in [-0.4, -0.2) is 22.6 Å². The lowest BCUT2D eigenvalue weighted by molar-refractivity contribution is -0.134. The zero-order chi connectivity index (χ0) is 16.4. The Labute approximate surface area is 138 Å². The first-order valence-electron chi connectivity index (χ1n) is 8.08. The van der Waals surface area contributed by atoms with Crippen molar-refractivity contribution in [3.63, 3.8) is 0 Å². The van der Waals surface area contributed by atoms with Gasteiger partial charge in [-0.25, -0.2) is 4.90 Å². The number of benzene rings is 1. The molecule has 1 aromatic heterocycles. The number of aromatic nitrogens is 1. The summed E-state index contributed by atoms with van der Waals surface area (Å²) in [5.41, 5.74) is 2.46. The van der Waals surface area contributed by atoms with Crippen LogP contribution in [0, 0.1) is 11.8 Å². The van der Waals surface area contributed by atoms with Crippen molar-refractivity contribution in [3.8, 4) is 0 Å². The van der Waals surface area contributed by atoms with Crippen molar-refractivity contribution in [2.45, 2.75) is 18.3 Å². The molecule has 2 aromatic rings. The molecule has 0 unspecified atom stereocenters. The van der Waals surface area contributed by atoms with Crippen LogP contribution in [0.5, 0.6) is 0 Å². The SMILES string of the molecule is O=C1C[C@H]2c3ccccc3[C@H]1[C@H]1C(=O)N(c3cccnc3)C(=O)[C@@H]12. The van der Waals surface area contributed by atoms with Gasteiger partial charge in [0.15, 0.2) is 0 Å². The Morgan fingerprint density at radius 3 is 2.42 bits per heavy atom. The van der Waals surface area contributed by atoms with Gasteiger partial charge in [-0.3, -0.25) is 19.4 Å². The first kappa shape index (κ1) is 13.6. The van der Waals surface area contributed by atoms with Gasteiger partial charge in [-0.15, -0.1) is 0 Å². The highest BCUT2D eigenvalue weighted by Gasteiger charge is 2.62. The number of imide groups is 1. The number of rotatable bonds is 1. The highest BCUT2D eigenvalue weighted by Crippen LogP contribution is 2.57. The first-order chi connectivity index (χ1) is 11.7. The third kappa shape index (κ3) is 1.54. The van der Waals surface area contributed by atoms with Gasteiger partial charge in [0.25, 0.3) is 0 Å². The fourth-order valence-corrected chi connectivity index (χ4v) is 4.70. The Morgan fingerprint density at radius 1 is 0.917 bits per heavy atom. The molecule has 2 heterocycles. The number of hydrogen-bond acceptors (Lipinski definition) is 4. The van der Waals surface area contributed by atoms with Gasteiger partial charge in [0.1, 0.15) is 5.78 Å². The van der Waals surface area contributed by atoms with E-state index in [1.54, 1.807) is 18.3 Å². The van der Waals surface area contributed by atoms with Crippen molar-refractivity contribution in [2.75, 3.05) is 4.90 Å². The summed E-state index contributed by atoms with van der Waals surface area (Å²) in [7, 11) is 0. The lowest BCUT2D eigenvalue weighted by Crippen LogP contribution is -2.44. The molecule has 0 N–H and O–H groups in total. The van der Waals surface area contributed by atoms with E-state index in [1.807, 2.05) is 24.3 Å². The molecular formula is C19H14N2O3. The topological polar surface area (TPSA) is 67.3 Å². The number of ketones is 1. The molecule has 6 rings (SSSR count). The minimum atomic E-state index is -0.571. The van der Waals surface area contributed by atoms with Gasteiger partial charge in [0, 0.05) is 18.5 Å². The van der Waals surface area contributed by atoms with E-state index < -0.39 is 17.8 Å². The molecule has 1 saturated carbocycles. The molecule has 2 bridgehead atoms. The molecule has 118 valence electrons. The zero-order valence-electron chi connectivity index (χ0n) is 12.8. The molecule has 4 aliphatic rings. The Kier molecular flexibility index (Phi) is 2.61. The molecule has 5 heteroatoms. The largest absolute Gasteiger partial charge is 0.299 e. The number of carbonyl (C=O) groups is 3. The molecule has 1 saturated heterocycles. The van der Waals surface area contributed by atoms with E-state index in [0.29, 0.717) is 12.1 Å². The molecule has 2 fully saturated rings. The van der Waals surface area contributed by atoms with Crippen molar-refractivity contribution in [3.05, 3.63) is 59.9 Å². The monoisotopic (exact) mass is 318 g/mol. The lowest BCUT2D eigenvalue weighted by atomic mass is 9.56. The van der Waals surface area contributed by atoms with Gasteiger partial charge in [-0.2, -0.15) is 0 Å². The van der Waals surface area contributed by atoms with Crippen LogP contribution in [0.4, 0.5) is 5.69 Å². The normalized spacial score (nSPS) is 30.5. The predicted octanol–water partition coefficient (Wildman–Crippen LogP) is 2.04. The smallest absolute Gasteiger partial charge is 0.238 e. The second-order valence-electron chi connectivity index (χ2n) is 6.66. The summed E-state index contributed by atoms with van der Waals surface area (Å²) >= 11 is 0. The molecule has 1 aromatic carbocycles. The number of hydrogen-bond donors (Lipinski definition) is 0. The fraction of sp³-hybridized carbons (Fsp3) is 0.263.